The van der Waals surface area contributed by atoms with Gasteiger partial charge < -0.3 is 30.0 Å². The molecule has 37 heavy (non-hydrogen) atoms. The van der Waals surface area contributed by atoms with Gasteiger partial charge in [0.1, 0.15) is 5.75 Å². The molecule has 3 rings (SSSR count). The van der Waals surface area contributed by atoms with Gasteiger partial charge in [-0.2, -0.15) is 5.10 Å². The van der Waals surface area contributed by atoms with Crippen LogP contribution in [0.15, 0.2) is 52.8 Å². The number of carbonyl (C=O) groups excluding carboxylic acids is 2. The molecule has 1 aliphatic heterocycles. The van der Waals surface area contributed by atoms with E-state index >= 15 is 0 Å². The molecule has 2 aromatic carbocycles. The molecule has 4 N–H and O–H groups in total. The Labute approximate surface area is 233 Å². The molecular weight excluding hydrogens is 611 g/mol. The topological polar surface area (TPSA) is 131 Å². The van der Waals surface area contributed by atoms with Crippen LogP contribution in [0.1, 0.15) is 37.9 Å². The molecule has 0 aliphatic carbocycles. The molecule has 196 valence electrons. The normalized spacial score (nSPS) is 15.1. The summed E-state index contributed by atoms with van der Waals surface area (Å²) in [4.78, 5) is 25.1. The second-order valence-corrected chi connectivity index (χ2v) is 9.26. The lowest BCUT2D eigenvalue weighted by molar-refractivity contribution is -0.139. The zero-order valence-corrected chi connectivity index (χ0v) is 23.4. The lowest BCUT2D eigenvalue weighted by Gasteiger charge is -2.30. The molecule has 0 aromatic heterocycles. The number of hydrogen-bond donors (Lipinski definition) is 4. The highest BCUT2D eigenvalue weighted by molar-refractivity contribution is 14.1. The number of benzene rings is 2. The number of aromatic hydroxyl groups is 1. The first-order valence-corrected chi connectivity index (χ1v) is 12.9. The summed E-state index contributed by atoms with van der Waals surface area (Å²) in [5, 5.41) is 20.4. The first-order chi connectivity index (χ1) is 17.7. The van der Waals surface area contributed by atoms with E-state index in [0.717, 1.165) is 0 Å². The third-order valence-electron chi connectivity index (χ3n) is 5.11. The Morgan fingerprint density at radius 1 is 1.19 bits per heavy atom. The second kappa shape index (κ2) is 13.2. The van der Waals surface area contributed by atoms with E-state index in [1.807, 2.05) is 29.5 Å². The van der Waals surface area contributed by atoms with Crippen LogP contribution < -0.4 is 25.5 Å². The maximum atomic E-state index is 12.7. The number of halogens is 1. The Morgan fingerprint density at radius 3 is 2.68 bits per heavy atom. The minimum Gasteiger partial charge on any atom is -0.504 e. The highest BCUT2D eigenvalue weighted by atomic mass is 127. The molecule has 0 saturated carbocycles. The largest absolute Gasteiger partial charge is 0.504 e. The molecule has 1 aliphatic rings. The van der Waals surface area contributed by atoms with E-state index in [4.69, 9.17) is 26.4 Å². The molecule has 0 unspecified atom stereocenters. The number of esters is 1. The average molecular weight is 638 g/mol. The van der Waals surface area contributed by atoms with Crippen molar-refractivity contribution in [2.75, 3.05) is 19.8 Å². The van der Waals surface area contributed by atoms with Gasteiger partial charge in [-0.1, -0.05) is 18.2 Å². The SMILES string of the molecule is CCOC(=O)C1=C(C)NC(=S)N[C@@H]1c1ccccc1OCC(=O)NN=Cc1cc(I)c(O)c(OCC)c1. The summed E-state index contributed by atoms with van der Waals surface area (Å²) >= 11 is 7.27. The number of allylic oxidation sites excluding steroid dienone is 1. The van der Waals surface area contributed by atoms with Crippen LogP contribution in [0, 0.1) is 3.57 Å². The Hall–Kier alpha value is -3.39. The van der Waals surface area contributed by atoms with Gasteiger partial charge >= 0.3 is 5.97 Å². The van der Waals surface area contributed by atoms with Crippen molar-refractivity contribution in [3.05, 3.63) is 62.4 Å². The van der Waals surface area contributed by atoms with Crippen LogP contribution in [0.2, 0.25) is 0 Å². The minimum atomic E-state index is -0.624. The monoisotopic (exact) mass is 638 g/mol. The number of hydrazone groups is 1. The van der Waals surface area contributed by atoms with Gasteiger partial charge in [-0.05, 0) is 79.3 Å². The summed E-state index contributed by atoms with van der Waals surface area (Å²) in [6.45, 7) is 5.59. The molecule has 0 spiro atoms. The van der Waals surface area contributed by atoms with Gasteiger partial charge in [-0.25, -0.2) is 10.2 Å². The summed E-state index contributed by atoms with van der Waals surface area (Å²) in [6.07, 6.45) is 1.44. The van der Waals surface area contributed by atoms with E-state index in [2.05, 4.69) is 21.2 Å². The van der Waals surface area contributed by atoms with E-state index in [0.29, 0.717) is 49.2 Å². The van der Waals surface area contributed by atoms with Crippen LogP contribution >= 0.6 is 34.8 Å². The number of para-hydroxylation sites is 1. The fourth-order valence-corrected chi connectivity index (χ4v) is 4.44. The summed E-state index contributed by atoms with van der Waals surface area (Å²) in [7, 11) is 0. The van der Waals surface area contributed by atoms with Crippen LogP contribution in [0.3, 0.4) is 0 Å². The number of amides is 1. The van der Waals surface area contributed by atoms with E-state index in [-0.39, 0.29) is 19.0 Å². The van der Waals surface area contributed by atoms with Crippen LogP contribution in [-0.2, 0) is 14.3 Å². The lowest BCUT2D eigenvalue weighted by Crippen LogP contribution is -2.45. The number of nitrogens with one attached hydrogen (secondary N) is 3. The summed E-state index contributed by atoms with van der Waals surface area (Å²) < 4.78 is 17.0. The quantitative estimate of drug-likeness (QED) is 0.102. The Balaban J connectivity index is 1.70. The molecular formula is C25H27IN4O6S. The molecule has 0 radical (unpaired) electrons. The molecule has 12 heteroatoms. The van der Waals surface area contributed by atoms with E-state index in [1.54, 1.807) is 50.2 Å². The molecule has 10 nitrogen and oxygen atoms in total. The standard InChI is InChI=1S/C25H27IN4O6S/c1-4-34-19-11-15(10-17(26)23(19)32)12-27-30-20(31)13-36-18-9-7-6-8-16(18)22-21(24(33)35-5-2)14(3)28-25(37)29-22/h6-12,22,32H,4-5,13H2,1-3H3,(H,30,31)(H2,28,29,37)/t22-/m1/s1. The Kier molecular flexibility index (Phi) is 10.1. The maximum absolute atomic E-state index is 12.7. The van der Waals surface area contributed by atoms with Gasteiger partial charge in [-0.15, -0.1) is 0 Å². The molecule has 0 saturated heterocycles. The Bertz CT molecular complexity index is 1250. The highest BCUT2D eigenvalue weighted by Crippen LogP contribution is 2.34. The lowest BCUT2D eigenvalue weighted by atomic mass is 9.95. The van der Waals surface area contributed by atoms with Crippen LogP contribution in [0.25, 0.3) is 0 Å². The van der Waals surface area contributed by atoms with Gasteiger partial charge in [0.15, 0.2) is 23.2 Å². The average Bonchev–Trinajstić information content (AvgIpc) is 2.85. The summed E-state index contributed by atoms with van der Waals surface area (Å²) in [6, 6.07) is 9.74. The zero-order valence-electron chi connectivity index (χ0n) is 20.5. The van der Waals surface area contributed by atoms with Crippen molar-refractivity contribution in [1.29, 1.82) is 0 Å². The smallest absolute Gasteiger partial charge is 0.338 e. The number of thiocarbonyl (C=S) groups is 1. The predicted molar refractivity (Wildman–Crippen MR) is 151 cm³/mol. The number of phenols is 1. The second-order valence-electron chi connectivity index (χ2n) is 7.69. The van der Waals surface area contributed by atoms with Crippen molar-refractivity contribution in [2.24, 2.45) is 5.10 Å². The molecule has 1 amide bonds. The van der Waals surface area contributed by atoms with E-state index in [1.165, 1.54) is 6.21 Å². The molecule has 0 fully saturated rings. The fraction of sp³-hybridized carbons (Fsp3) is 0.280. The summed E-state index contributed by atoms with van der Waals surface area (Å²) in [5.74, 6) is -0.190. The maximum Gasteiger partial charge on any atom is 0.338 e. The number of phenolic OH excluding ortho intramolecular Hbond substituents is 1. The molecule has 2 aromatic rings. The highest BCUT2D eigenvalue weighted by Gasteiger charge is 2.32. The zero-order chi connectivity index (χ0) is 26.9. The van der Waals surface area contributed by atoms with E-state index < -0.39 is 17.9 Å². The van der Waals surface area contributed by atoms with Gasteiger partial charge in [0.05, 0.1) is 34.6 Å². The van der Waals surface area contributed by atoms with Crippen molar-refractivity contribution >= 4 is 58.0 Å². The van der Waals surface area contributed by atoms with Crippen molar-refractivity contribution in [1.82, 2.24) is 16.1 Å². The number of ether oxygens (including phenoxy) is 3. The van der Waals surface area contributed by atoms with Crippen molar-refractivity contribution in [3.63, 3.8) is 0 Å². The molecule has 0 bridgehead atoms. The third kappa shape index (κ3) is 7.32. The molecule has 1 atom stereocenters. The number of nitrogens with zero attached hydrogens (tertiary/aromatic N) is 1. The first kappa shape index (κ1) is 28.2. The molecule has 1 heterocycles. The van der Waals surface area contributed by atoms with Gasteiger partial charge in [-0.3, -0.25) is 4.79 Å². The van der Waals surface area contributed by atoms with E-state index in [9.17, 15) is 14.7 Å². The number of carbonyl (C=O) groups is 2. The van der Waals surface area contributed by atoms with Crippen molar-refractivity contribution < 1.29 is 28.9 Å². The number of rotatable bonds is 10. The van der Waals surface area contributed by atoms with Crippen molar-refractivity contribution in [2.45, 2.75) is 26.8 Å². The fourth-order valence-electron chi connectivity index (χ4n) is 3.55. The third-order valence-corrected chi connectivity index (χ3v) is 6.15. The van der Waals surface area contributed by atoms with Gasteiger partial charge in [0.2, 0.25) is 0 Å². The van der Waals surface area contributed by atoms with Gasteiger partial charge in [0.25, 0.3) is 5.91 Å². The number of hydrogen-bond acceptors (Lipinski definition) is 8. The van der Waals surface area contributed by atoms with Gasteiger partial charge in [0, 0.05) is 11.3 Å². The van der Waals surface area contributed by atoms with Crippen LogP contribution in [0.5, 0.6) is 17.2 Å². The predicted octanol–water partition coefficient (Wildman–Crippen LogP) is 3.28. The first-order valence-electron chi connectivity index (χ1n) is 11.4. The van der Waals surface area contributed by atoms with Crippen LogP contribution in [0.4, 0.5) is 0 Å². The van der Waals surface area contributed by atoms with Crippen molar-refractivity contribution in [3.8, 4) is 17.2 Å². The van der Waals surface area contributed by atoms with Crippen LogP contribution in [-0.4, -0.2) is 48.1 Å². The minimum absolute atomic E-state index is 0.0517. The summed E-state index contributed by atoms with van der Waals surface area (Å²) in [5.41, 5.74) is 4.61. The Morgan fingerprint density at radius 2 is 1.95 bits per heavy atom.